The van der Waals surface area contributed by atoms with E-state index in [4.69, 9.17) is 4.89 Å². The molecule has 2 aromatic carbocycles. The Morgan fingerprint density at radius 2 is 1.79 bits per heavy atom. The molecule has 24 heavy (non-hydrogen) atoms. The van der Waals surface area contributed by atoms with Crippen LogP contribution >= 0.6 is 8.03 Å². The van der Waals surface area contributed by atoms with Gasteiger partial charge in [-0.05, 0) is 46.4 Å². The maximum absolute atomic E-state index is 13.3. The lowest BCUT2D eigenvalue weighted by molar-refractivity contribution is 0.514. The van der Waals surface area contributed by atoms with Gasteiger partial charge >= 0.3 is 8.03 Å². The van der Waals surface area contributed by atoms with Crippen LogP contribution in [0.4, 0.5) is 4.39 Å². The van der Waals surface area contributed by atoms with Crippen molar-refractivity contribution >= 4 is 18.9 Å². The van der Waals surface area contributed by atoms with Crippen LogP contribution in [0.2, 0.25) is 0 Å². The average Bonchev–Trinajstić information content (AvgIpc) is 2.88. The maximum atomic E-state index is 13.3. The predicted octanol–water partition coefficient (Wildman–Crippen LogP) is 4.94. The van der Waals surface area contributed by atoms with Crippen molar-refractivity contribution in [3.05, 3.63) is 65.6 Å². The van der Waals surface area contributed by atoms with Gasteiger partial charge in [-0.25, -0.2) is 4.39 Å². The summed E-state index contributed by atoms with van der Waals surface area (Å²) in [6.45, 7) is 4.11. The van der Waals surface area contributed by atoms with Gasteiger partial charge in [0.05, 0.1) is 5.52 Å². The van der Waals surface area contributed by atoms with Gasteiger partial charge in [-0.3, -0.25) is 0 Å². The highest BCUT2D eigenvalue weighted by Crippen LogP contribution is 2.34. The molecule has 3 nitrogen and oxygen atoms in total. The van der Waals surface area contributed by atoms with Crippen molar-refractivity contribution in [1.82, 2.24) is 4.57 Å². The van der Waals surface area contributed by atoms with Crippen molar-refractivity contribution < 1.29 is 13.8 Å². The van der Waals surface area contributed by atoms with Crippen LogP contribution < -0.4 is 0 Å². The number of hydrogen-bond acceptors (Lipinski definition) is 1. The number of aromatic nitrogens is 1. The molecule has 0 bridgehead atoms. The zero-order valence-corrected chi connectivity index (χ0v) is 14.2. The molecule has 0 fully saturated rings. The molecule has 0 saturated carbocycles. The third kappa shape index (κ3) is 2.97. The molecule has 0 aliphatic rings. The molecule has 0 saturated heterocycles. The Kier molecular flexibility index (Phi) is 4.49. The summed E-state index contributed by atoms with van der Waals surface area (Å²) in [6, 6.07) is 14.0. The quantitative estimate of drug-likeness (QED) is 0.530. The number of nitrogens with zero attached hydrogens (tertiary/aromatic N) is 1. The first-order chi connectivity index (χ1) is 11.5. The topological polar surface area (TPSA) is 42.2 Å². The van der Waals surface area contributed by atoms with Gasteiger partial charge in [0.25, 0.3) is 0 Å². The summed E-state index contributed by atoms with van der Waals surface area (Å²) in [5.74, 6) is 2.71. The van der Waals surface area contributed by atoms with Crippen molar-refractivity contribution in [2.45, 2.75) is 19.8 Å². The molecule has 120 valence electrons. The molecule has 0 amide bonds. The lowest BCUT2D eigenvalue weighted by Gasteiger charge is -2.09. The van der Waals surface area contributed by atoms with Gasteiger partial charge in [0.1, 0.15) is 11.5 Å². The van der Waals surface area contributed by atoms with E-state index in [0.29, 0.717) is 5.69 Å². The molecule has 1 atom stereocenters. The first kappa shape index (κ1) is 16.4. The predicted molar refractivity (Wildman–Crippen MR) is 94.0 cm³/mol. The van der Waals surface area contributed by atoms with Crippen LogP contribution in [-0.4, -0.2) is 9.46 Å². The van der Waals surface area contributed by atoms with Crippen molar-refractivity contribution in [2.24, 2.45) is 0 Å². The number of halogens is 1. The minimum Gasteiger partial charge on any atom is -0.302 e. The first-order valence-electron chi connectivity index (χ1n) is 7.56. The highest BCUT2D eigenvalue weighted by atomic mass is 31.1. The Labute approximate surface area is 140 Å². The Hall–Kier alpha value is -2.47. The highest BCUT2D eigenvalue weighted by molar-refractivity contribution is 7.44. The van der Waals surface area contributed by atoms with E-state index in [-0.39, 0.29) is 11.7 Å². The molecule has 1 unspecified atom stereocenters. The Morgan fingerprint density at radius 3 is 2.42 bits per heavy atom. The van der Waals surface area contributed by atoms with E-state index in [1.165, 1.54) is 12.1 Å². The first-order valence-corrected chi connectivity index (χ1v) is 8.77. The van der Waals surface area contributed by atoms with Crippen molar-refractivity contribution in [1.29, 1.82) is 0 Å². The average molecular weight is 340 g/mol. The number of para-hydroxylation sites is 1. The van der Waals surface area contributed by atoms with Crippen LogP contribution in [0, 0.1) is 17.4 Å². The van der Waals surface area contributed by atoms with Crippen LogP contribution in [0.3, 0.4) is 0 Å². The maximum Gasteiger partial charge on any atom is 0.601 e. The fraction of sp³-hybridized carbons (Fsp3) is 0.158. The van der Waals surface area contributed by atoms with Gasteiger partial charge in [-0.1, -0.05) is 32.0 Å². The number of rotatable bonds is 2. The van der Waals surface area contributed by atoms with E-state index in [0.717, 1.165) is 22.2 Å². The van der Waals surface area contributed by atoms with E-state index >= 15 is 0 Å². The number of hydrogen-bond donors (Lipinski definition) is 1. The largest absolute Gasteiger partial charge is 0.601 e. The summed E-state index contributed by atoms with van der Waals surface area (Å²) in [5.41, 5.74) is 5.73. The van der Waals surface area contributed by atoms with Crippen LogP contribution in [0.1, 0.15) is 31.0 Å². The summed E-state index contributed by atoms with van der Waals surface area (Å²) in [7, 11) is -2.56. The van der Waals surface area contributed by atoms with E-state index in [9.17, 15) is 8.96 Å². The van der Waals surface area contributed by atoms with Gasteiger partial charge in [-0.2, -0.15) is 0 Å². The molecule has 3 aromatic rings. The Morgan fingerprint density at radius 1 is 1.12 bits per heavy atom. The minimum atomic E-state index is -2.56. The summed E-state index contributed by atoms with van der Waals surface area (Å²) >= 11 is 0. The fourth-order valence-electron chi connectivity index (χ4n) is 2.93. The molecule has 0 aliphatic heterocycles. The van der Waals surface area contributed by atoms with Crippen LogP contribution in [0.5, 0.6) is 0 Å². The van der Waals surface area contributed by atoms with E-state index in [2.05, 4.69) is 25.4 Å². The Bertz CT molecular complexity index is 978. The monoisotopic (exact) mass is 340 g/mol. The summed E-state index contributed by atoms with van der Waals surface area (Å²) in [5, 5.41) is 1.04. The molecule has 1 heterocycles. The highest BCUT2D eigenvalue weighted by Gasteiger charge is 2.20. The molecule has 1 aromatic heterocycles. The smallest absolute Gasteiger partial charge is 0.302 e. The molecule has 0 spiro atoms. The fourth-order valence-corrected chi connectivity index (χ4v) is 3.13. The summed E-state index contributed by atoms with van der Waals surface area (Å²) in [6.07, 6.45) is 0. The Balaban J connectivity index is 2.42. The second-order valence-electron chi connectivity index (χ2n) is 5.76. The number of benzene rings is 2. The molecule has 0 aliphatic carbocycles. The molecule has 0 radical (unpaired) electrons. The van der Waals surface area contributed by atoms with Gasteiger partial charge in [0.15, 0.2) is 0 Å². The molecular formula is C19H16FNO2P+. The lowest BCUT2D eigenvalue weighted by Crippen LogP contribution is -1.99. The summed E-state index contributed by atoms with van der Waals surface area (Å²) in [4.78, 5) is 9.09. The van der Waals surface area contributed by atoms with E-state index in [1.54, 1.807) is 12.1 Å². The van der Waals surface area contributed by atoms with Crippen molar-refractivity contribution in [2.75, 3.05) is 0 Å². The third-order valence-corrected chi connectivity index (χ3v) is 4.15. The van der Waals surface area contributed by atoms with Crippen molar-refractivity contribution in [3.63, 3.8) is 0 Å². The normalized spacial score (nSPS) is 11.5. The van der Waals surface area contributed by atoms with Gasteiger partial charge in [-0.15, -0.1) is 4.89 Å². The van der Waals surface area contributed by atoms with E-state index in [1.807, 2.05) is 28.8 Å². The van der Waals surface area contributed by atoms with Gasteiger partial charge < -0.3 is 4.57 Å². The van der Waals surface area contributed by atoms with Crippen LogP contribution in [0.25, 0.3) is 16.6 Å². The second kappa shape index (κ2) is 6.57. The van der Waals surface area contributed by atoms with E-state index < -0.39 is 8.03 Å². The van der Waals surface area contributed by atoms with Crippen LogP contribution in [-0.2, 0) is 4.57 Å². The minimum absolute atomic E-state index is 0.178. The zero-order chi connectivity index (χ0) is 17.3. The number of fused-ring (bicyclic) bond motifs is 1. The molecule has 3 rings (SSSR count). The van der Waals surface area contributed by atoms with Gasteiger partial charge in [0, 0.05) is 17.0 Å². The molecule has 5 heteroatoms. The standard InChI is InChI=1S/C19H15FNO2P/c1-13(2)19-16-5-3-4-6-17(16)21(18(19)11-12-24(22)23)15-9-7-14(20)8-10-15/h3-10,13H,1-2H3/p+1. The molecular weight excluding hydrogens is 324 g/mol. The van der Waals surface area contributed by atoms with Gasteiger partial charge in [0.2, 0.25) is 5.66 Å². The lowest BCUT2D eigenvalue weighted by atomic mass is 9.99. The molecule has 1 N–H and O–H groups in total. The summed E-state index contributed by atoms with van der Waals surface area (Å²) < 4.78 is 26.3. The van der Waals surface area contributed by atoms with Crippen LogP contribution in [0.15, 0.2) is 48.5 Å². The second-order valence-corrected chi connectivity index (χ2v) is 6.53. The SMILES string of the molecule is CC(C)c1c(C#C[P+](=O)O)n(-c2ccc(F)cc2)c2ccccc12. The third-order valence-electron chi connectivity index (χ3n) is 3.85. The van der Waals surface area contributed by atoms with Crippen molar-refractivity contribution in [3.8, 4) is 17.3 Å². The zero-order valence-electron chi connectivity index (χ0n) is 13.3.